The molecular weight excluding hydrogens is 292 g/mol. The zero-order chi connectivity index (χ0) is 9.97. The minimum Gasteiger partial charge on any atom is -0.310 e. The Hall–Kier alpha value is -0.160. The number of benzene rings is 1. The second-order valence-electron chi connectivity index (χ2n) is 3.65. The van der Waals surface area contributed by atoms with E-state index in [0.717, 1.165) is 22.1 Å². The quantitative estimate of drug-likeness (QED) is 0.786. The molecule has 0 spiro atoms. The fourth-order valence-corrected chi connectivity index (χ4v) is 2.64. The summed E-state index contributed by atoms with van der Waals surface area (Å²) in [6, 6.07) is 5.69. The van der Waals surface area contributed by atoms with Gasteiger partial charge in [-0.15, -0.1) is 0 Å². The van der Waals surface area contributed by atoms with Crippen molar-refractivity contribution in [2.45, 2.75) is 25.3 Å². The molecular formula is C11H13FIN. The molecule has 76 valence electrons. The molecule has 1 atom stereocenters. The van der Waals surface area contributed by atoms with Crippen LogP contribution in [-0.4, -0.2) is 6.54 Å². The molecule has 1 nitrogen and oxygen atoms in total. The Kier molecular flexibility index (Phi) is 3.38. The number of hydrogen-bond acceptors (Lipinski definition) is 1. The molecule has 1 aromatic carbocycles. The van der Waals surface area contributed by atoms with E-state index in [2.05, 4.69) is 27.9 Å². The molecule has 0 bridgehead atoms. The van der Waals surface area contributed by atoms with Crippen LogP contribution in [0.15, 0.2) is 18.2 Å². The molecule has 1 heterocycles. The van der Waals surface area contributed by atoms with Crippen molar-refractivity contribution in [2.24, 2.45) is 0 Å². The Labute approximate surface area is 97.2 Å². The van der Waals surface area contributed by atoms with Crippen molar-refractivity contribution in [3.05, 3.63) is 33.1 Å². The molecule has 3 heteroatoms. The average Bonchev–Trinajstić information content (AvgIpc) is 2.23. The van der Waals surface area contributed by atoms with Crippen LogP contribution in [0.1, 0.15) is 30.9 Å². The zero-order valence-corrected chi connectivity index (χ0v) is 10.1. The van der Waals surface area contributed by atoms with Crippen molar-refractivity contribution in [3.8, 4) is 0 Å². The van der Waals surface area contributed by atoms with E-state index < -0.39 is 0 Å². The molecule has 1 aliphatic heterocycles. The van der Waals surface area contributed by atoms with Gasteiger partial charge in [-0.2, -0.15) is 0 Å². The molecule has 1 aromatic rings. The molecule has 0 aromatic heterocycles. The van der Waals surface area contributed by atoms with Gasteiger partial charge >= 0.3 is 0 Å². The van der Waals surface area contributed by atoms with Gasteiger partial charge in [-0.25, -0.2) is 4.39 Å². The highest BCUT2D eigenvalue weighted by Gasteiger charge is 2.18. The molecule has 0 amide bonds. The maximum atomic E-state index is 13.3. The third-order valence-electron chi connectivity index (χ3n) is 2.67. The highest BCUT2D eigenvalue weighted by molar-refractivity contribution is 14.1. The van der Waals surface area contributed by atoms with Crippen LogP contribution in [0.5, 0.6) is 0 Å². The summed E-state index contributed by atoms with van der Waals surface area (Å²) in [6.45, 7) is 1.05. The highest BCUT2D eigenvalue weighted by atomic mass is 127. The van der Waals surface area contributed by atoms with E-state index in [4.69, 9.17) is 0 Å². The smallest absolute Gasteiger partial charge is 0.136 e. The van der Waals surface area contributed by atoms with Crippen LogP contribution in [0, 0.1) is 9.39 Å². The van der Waals surface area contributed by atoms with Gasteiger partial charge in [0.2, 0.25) is 0 Å². The molecule has 1 fully saturated rings. The summed E-state index contributed by atoms with van der Waals surface area (Å²) >= 11 is 2.09. The SMILES string of the molecule is Fc1cccc(C2CCCCN2)c1I. The van der Waals surface area contributed by atoms with Crippen molar-refractivity contribution in [1.29, 1.82) is 0 Å². The highest BCUT2D eigenvalue weighted by Crippen LogP contribution is 2.27. The zero-order valence-electron chi connectivity index (χ0n) is 7.89. The number of piperidine rings is 1. The molecule has 0 saturated carbocycles. The lowest BCUT2D eigenvalue weighted by molar-refractivity contribution is 0.409. The summed E-state index contributed by atoms with van der Waals surface area (Å²) in [5, 5.41) is 3.43. The van der Waals surface area contributed by atoms with Gasteiger partial charge in [0.05, 0.1) is 3.57 Å². The lowest BCUT2D eigenvalue weighted by Gasteiger charge is -2.24. The summed E-state index contributed by atoms with van der Waals surface area (Å²) < 4.78 is 14.1. The topological polar surface area (TPSA) is 12.0 Å². The van der Waals surface area contributed by atoms with Crippen molar-refractivity contribution >= 4 is 22.6 Å². The maximum Gasteiger partial charge on any atom is 0.136 e. The second kappa shape index (κ2) is 4.57. The minimum absolute atomic E-state index is 0.101. The molecule has 1 N–H and O–H groups in total. The monoisotopic (exact) mass is 305 g/mol. The Morgan fingerprint density at radius 1 is 1.36 bits per heavy atom. The number of nitrogens with one attached hydrogen (secondary N) is 1. The Morgan fingerprint density at radius 3 is 2.93 bits per heavy atom. The van der Waals surface area contributed by atoms with E-state index in [1.54, 1.807) is 6.07 Å². The van der Waals surface area contributed by atoms with Crippen LogP contribution < -0.4 is 5.32 Å². The standard InChI is InChI=1S/C11H13FIN/c12-9-5-3-4-8(11(9)13)10-6-1-2-7-14-10/h3-5,10,14H,1-2,6-7H2. The molecule has 2 rings (SSSR count). The van der Waals surface area contributed by atoms with Crippen LogP contribution in [0.2, 0.25) is 0 Å². The van der Waals surface area contributed by atoms with Gasteiger partial charge in [0, 0.05) is 6.04 Å². The van der Waals surface area contributed by atoms with Gasteiger partial charge in [0.1, 0.15) is 5.82 Å². The third-order valence-corrected chi connectivity index (χ3v) is 3.81. The fourth-order valence-electron chi connectivity index (χ4n) is 1.91. The summed E-state index contributed by atoms with van der Waals surface area (Å²) in [5.41, 5.74) is 1.12. The van der Waals surface area contributed by atoms with E-state index in [9.17, 15) is 4.39 Å². The van der Waals surface area contributed by atoms with E-state index >= 15 is 0 Å². The predicted molar refractivity (Wildman–Crippen MR) is 63.7 cm³/mol. The van der Waals surface area contributed by atoms with Gasteiger partial charge in [0.15, 0.2) is 0 Å². The average molecular weight is 305 g/mol. The van der Waals surface area contributed by atoms with Crippen LogP contribution in [-0.2, 0) is 0 Å². The normalized spacial score (nSPS) is 22.3. The first kappa shape index (κ1) is 10.4. The van der Waals surface area contributed by atoms with E-state index in [-0.39, 0.29) is 5.82 Å². The molecule has 0 radical (unpaired) electrons. The van der Waals surface area contributed by atoms with Crippen LogP contribution in [0.4, 0.5) is 4.39 Å². The van der Waals surface area contributed by atoms with Crippen molar-refractivity contribution in [3.63, 3.8) is 0 Å². The van der Waals surface area contributed by atoms with Crippen LogP contribution >= 0.6 is 22.6 Å². The Morgan fingerprint density at radius 2 is 2.21 bits per heavy atom. The number of hydrogen-bond donors (Lipinski definition) is 1. The molecule has 1 aliphatic rings. The van der Waals surface area contributed by atoms with Crippen LogP contribution in [0.3, 0.4) is 0 Å². The lowest BCUT2D eigenvalue weighted by Crippen LogP contribution is -2.27. The number of rotatable bonds is 1. The number of halogens is 2. The first-order valence-electron chi connectivity index (χ1n) is 4.96. The third kappa shape index (κ3) is 2.08. The molecule has 0 aliphatic carbocycles. The summed E-state index contributed by atoms with van der Waals surface area (Å²) in [5.74, 6) is -0.101. The van der Waals surface area contributed by atoms with E-state index in [1.165, 1.54) is 18.9 Å². The van der Waals surface area contributed by atoms with Gasteiger partial charge in [-0.1, -0.05) is 18.6 Å². The fraction of sp³-hybridized carbons (Fsp3) is 0.455. The Balaban J connectivity index is 2.26. The van der Waals surface area contributed by atoms with E-state index in [0.29, 0.717) is 6.04 Å². The molecule has 1 saturated heterocycles. The predicted octanol–water partition coefficient (Wildman–Crippen LogP) is 3.24. The summed E-state index contributed by atoms with van der Waals surface area (Å²) in [7, 11) is 0. The van der Waals surface area contributed by atoms with Gasteiger partial charge < -0.3 is 5.32 Å². The van der Waals surface area contributed by atoms with Crippen LogP contribution in [0.25, 0.3) is 0 Å². The summed E-state index contributed by atoms with van der Waals surface area (Å²) in [4.78, 5) is 0. The largest absolute Gasteiger partial charge is 0.310 e. The molecule has 1 unspecified atom stereocenters. The summed E-state index contributed by atoms with van der Waals surface area (Å²) in [6.07, 6.45) is 3.60. The van der Waals surface area contributed by atoms with Gasteiger partial charge in [-0.3, -0.25) is 0 Å². The van der Waals surface area contributed by atoms with Gasteiger partial charge in [0.25, 0.3) is 0 Å². The minimum atomic E-state index is -0.101. The van der Waals surface area contributed by atoms with Crippen molar-refractivity contribution in [2.75, 3.05) is 6.54 Å². The maximum absolute atomic E-state index is 13.3. The first-order valence-corrected chi connectivity index (χ1v) is 6.04. The van der Waals surface area contributed by atoms with E-state index in [1.807, 2.05) is 6.07 Å². The van der Waals surface area contributed by atoms with Crippen molar-refractivity contribution < 1.29 is 4.39 Å². The lowest BCUT2D eigenvalue weighted by atomic mass is 9.98. The first-order chi connectivity index (χ1) is 6.79. The Bertz CT molecular complexity index is 321. The second-order valence-corrected chi connectivity index (χ2v) is 4.72. The van der Waals surface area contributed by atoms with Crippen molar-refractivity contribution in [1.82, 2.24) is 5.32 Å². The van der Waals surface area contributed by atoms with Gasteiger partial charge in [-0.05, 0) is 53.6 Å². The molecule has 14 heavy (non-hydrogen) atoms.